The van der Waals surface area contributed by atoms with Gasteiger partial charge in [-0.05, 0) is 24.3 Å². The van der Waals surface area contributed by atoms with Crippen molar-refractivity contribution in [1.29, 1.82) is 0 Å². The van der Waals surface area contributed by atoms with Crippen LogP contribution >= 0.6 is 7.82 Å². The van der Waals surface area contributed by atoms with Gasteiger partial charge in [-0.1, -0.05) is 0 Å². The van der Waals surface area contributed by atoms with Gasteiger partial charge in [0.05, 0.1) is 32.3 Å². The summed E-state index contributed by atoms with van der Waals surface area (Å²) in [5, 5.41) is 0. The zero-order chi connectivity index (χ0) is 23.8. The van der Waals surface area contributed by atoms with E-state index >= 15 is 0 Å². The number of rotatable bonds is 11. The van der Waals surface area contributed by atoms with Crippen LogP contribution in [0.5, 0.6) is 0 Å². The minimum absolute atomic E-state index is 0.118. The van der Waals surface area contributed by atoms with Crippen LogP contribution < -0.4 is 0 Å². The number of hydrogen-bond donors (Lipinski definition) is 2. The van der Waals surface area contributed by atoms with E-state index in [0.29, 0.717) is 4.48 Å². The minimum Gasteiger partial charge on any atom is -0.458 e. The maximum atomic E-state index is 12.5. The molecule has 0 radical (unpaired) electrons. The normalized spacial score (nSPS) is 13.8. The lowest BCUT2D eigenvalue weighted by molar-refractivity contribution is -0.873. The number of carbonyl (C=O) groups is 2. The van der Waals surface area contributed by atoms with E-state index in [-0.39, 0.29) is 30.7 Å². The minimum atomic E-state index is -4.82. The Morgan fingerprint density at radius 1 is 1.00 bits per heavy atom. The van der Waals surface area contributed by atoms with Gasteiger partial charge >= 0.3 is 19.8 Å². The van der Waals surface area contributed by atoms with Crippen molar-refractivity contribution < 1.29 is 42.4 Å². The van der Waals surface area contributed by atoms with Crippen LogP contribution in [0.25, 0.3) is 0 Å². The molecule has 2 N–H and O–H groups in total. The lowest BCUT2D eigenvalue weighted by atomic mass is 10.1. The third-order valence-electron chi connectivity index (χ3n) is 4.03. The first-order valence-corrected chi connectivity index (χ1v) is 11.2. The molecular formula is C20H27N3O8P+. The number of quaternary nitrogens is 1. The average Bonchev–Trinajstić information content (AvgIpc) is 2.70. The fraction of sp³-hybridized carbons (Fsp3) is 0.400. The Balaban J connectivity index is 2.17. The fourth-order valence-corrected chi connectivity index (χ4v) is 3.38. The molecule has 0 aliphatic carbocycles. The summed E-state index contributed by atoms with van der Waals surface area (Å²) in [4.78, 5) is 51.1. The molecule has 0 aromatic carbocycles. The third-order valence-corrected chi connectivity index (χ3v) is 4.60. The van der Waals surface area contributed by atoms with E-state index < -0.39 is 32.0 Å². The maximum Gasteiger partial charge on any atom is 0.470 e. The molecule has 2 heterocycles. The predicted molar refractivity (Wildman–Crippen MR) is 112 cm³/mol. The average molecular weight is 468 g/mol. The highest BCUT2D eigenvalue weighted by Gasteiger charge is 2.32. The number of ether oxygens (including phenoxy) is 2. The van der Waals surface area contributed by atoms with Crippen LogP contribution in [-0.2, 0) is 18.6 Å². The first-order valence-electron chi connectivity index (χ1n) is 9.65. The summed E-state index contributed by atoms with van der Waals surface area (Å²) in [5.74, 6) is -1.40. The van der Waals surface area contributed by atoms with Crippen molar-refractivity contribution in [2.24, 2.45) is 0 Å². The Bertz CT molecular complexity index is 931. The van der Waals surface area contributed by atoms with Gasteiger partial charge in [-0.2, -0.15) is 0 Å². The van der Waals surface area contributed by atoms with Gasteiger partial charge in [0.1, 0.15) is 25.4 Å². The van der Waals surface area contributed by atoms with Crippen LogP contribution in [0.1, 0.15) is 27.1 Å². The number of hydrogen-bond acceptors (Lipinski definition) is 8. The van der Waals surface area contributed by atoms with E-state index in [9.17, 15) is 23.9 Å². The second kappa shape index (κ2) is 11.3. The van der Waals surface area contributed by atoms with Gasteiger partial charge in [-0.25, -0.2) is 14.2 Å². The number of phosphoric ester groups is 1. The van der Waals surface area contributed by atoms with Gasteiger partial charge in [0.15, 0.2) is 0 Å². The summed E-state index contributed by atoms with van der Waals surface area (Å²) in [6, 6.07) is 6.15. The van der Waals surface area contributed by atoms with Crippen molar-refractivity contribution in [2.75, 3.05) is 34.3 Å². The standard InChI is InChI=1S/C20H26N3O8P/c1-23(2,3)13-17(31-32(26,27)28)10-18(30-20(25)16-7-5-9-22-12-16)14-29-19(24)15-6-4-8-21-11-15/h4-9,11-12,17-18H,10,13-14H2,1-3H3,(H-,26,27,28)/p+1. The smallest absolute Gasteiger partial charge is 0.458 e. The van der Waals surface area contributed by atoms with Gasteiger partial charge in [0.25, 0.3) is 0 Å². The van der Waals surface area contributed by atoms with E-state index in [1.807, 2.05) is 21.1 Å². The van der Waals surface area contributed by atoms with Gasteiger partial charge < -0.3 is 23.7 Å². The van der Waals surface area contributed by atoms with E-state index in [2.05, 4.69) is 9.97 Å². The molecule has 2 atom stereocenters. The van der Waals surface area contributed by atoms with Crippen molar-refractivity contribution in [3.8, 4) is 0 Å². The number of carbonyl (C=O) groups excluding carboxylic acids is 2. The Morgan fingerprint density at radius 3 is 2.03 bits per heavy atom. The Hall–Kier alpha value is -2.69. The summed E-state index contributed by atoms with van der Waals surface area (Å²) in [5.41, 5.74) is 0.384. The lowest BCUT2D eigenvalue weighted by Gasteiger charge is -2.31. The third kappa shape index (κ3) is 9.63. The summed E-state index contributed by atoms with van der Waals surface area (Å²) < 4.78 is 27.4. The highest BCUT2D eigenvalue weighted by Crippen LogP contribution is 2.39. The Morgan fingerprint density at radius 2 is 1.56 bits per heavy atom. The Labute approximate surface area is 185 Å². The molecule has 0 amide bonds. The molecule has 174 valence electrons. The number of aromatic nitrogens is 2. The molecule has 0 bridgehead atoms. The number of esters is 2. The number of nitrogens with zero attached hydrogens (tertiary/aromatic N) is 3. The molecule has 0 fully saturated rings. The number of pyridine rings is 2. The summed E-state index contributed by atoms with van der Waals surface area (Å²) >= 11 is 0. The quantitative estimate of drug-likeness (QED) is 0.282. The highest BCUT2D eigenvalue weighted by atomic mass is 31.2. The van der Waals surface area contributed by atoms with Gasteiger partial charge in [-0.3, -0.25) is 14.5 Å². The second-order valence-electron chi connectivity index (χ2n) is 8.04. The van der Waals surface area contributed by atoms with Crippen molar-refractivity contribution in [3.63, 3.8) is 0 Å². The van der Waals surface area contributed by atoms with Crippen LogP contribution in [0.15, 0.2) is 49.1 Å². The zero-order valence-electron chi connectivity index (χ0n) is 18.0. The van der Waals surface area contributed by atoms with Crippen LogP contribution in [0.4, 0.5) is 0 Å². The van der Waals surface area contributed by atoms with Crippen molar-refractivity contribution >= 4 is 19.8 Å². The second-order valence-corrected chi connectivity index (χ2v) is 9.23. The van der Waals surface area contributed by atoms with E-state index in [0.717, 1.165) is 0 Å². The molecule has 0 spiro atoms. The van der Waals surface area contributed by atoms with Crippen molar-refractivity contribution in [3.05, 3.63) is 60.2 Å². The molecule has 2 rings (SSSR count). The molecule has 12 heteroatoms. The van der Waals surface area contributed by atoms with Gasteiger partial charge in [0, 0.05) is 31.2 Å². The Kier molecular flexibility index (Phi) is 8.99. The lowest BCUT2D eigenvalue weighted by Crippen LogP contribution is -2.44. The molecular weight excluding hydrogens is 441 g/mol. The molecule has 2 aromatic rings. The summed E-state index contributed by atoms with van der Waals surface area (Å²) in [6.07, 6.45) is 3.50. The fourth-order valence-electron chi connectivity index (χ4n) is 2.84. The van der Waals surface area contributed by atoms with E-state index in [1.165, 1.54) is 36.9 Å². The molecule has 0 aliphatic rings. The predicted octanol–water partition coefficient (Wildman–Crippen LogP) is 1.43. The first kappa shape index (κ1) is 25.6. The highest BCUT2D eigenvalue weighted by molar-refractivity contribution is 7.46. The van der Waals surface area contributed by atoms with Crippen LogP contribution in [0.3, 0.4) is 0 Å². The molecule has 32 heavy (non-hydrogen) atoms. The SMILES string of the molecule is C[N+](C)(C)CC(CC(COC(=O)c1cccnc1)OC(=O)c1cccnc1)OP(=O)(O)O. The van der Waals surface area contributed by atoms with Gasteiger partial charge in [0.2, 0.25) is 0 Å². The number of phosphoric acid groups is 1. The van der Waals surface area contributed by atoms with E-state index in [1.54, 1.807) is 12.1 Å². The van der Waals surface area contributed by atoms with Crippen LogP contribution in [-0.4, -0.2) is 82.7 Å². The van der Waals surface area contributed by atoms with Crippen molar-refractivity contribution in [1.82, 2.24) is 9.97 Å². The molecule has 0 saturated heterocycles. The van der Waals surface area contributed by atoms with Crippen LogP contribution in [0, 0.1) is 0 Å². The van der Waals surface area contributed by atoms with E-state index in [4.69, 9.17) is 14.0 Å². The largest absolute Gasteiger partial charge is 0.470 e. The topological polar surface area (TPSA) is 145 Å². The van der Waals surface area contributed by atoms with Crippen LogP contribution in [0.2, 0.25) is 0 Å². The summed E-state index contributed by atoms with van der Waals surface area (Å²) in [7, 11) is 0.625. The molecule has 11 nitrogen and oxygen atoms in total. The molecule has 2 aromatic heterocycles. The van der Waals surface area contributed by atoms with Gasteiger partial charge in [-0.15, -0.1) is 0 Å². The molecule has 0 aliphatic heterocycles. The summed E-state index contributed by atoms with van der Waals surface area (Å²) in [6.45, 7) is -0.152. The molecule has 0 saturated carbocycles. The number of likely N-dealkylation sites (N-methyl/N-ethyl adjacent to an activating group) is 1. The molecule has 2 unspecified atom stereocenters. The first-order chi connectivity index (χ1) is 14.9. The maximum absolute atomic E-state index is 12.5. The van der Waals surface area contributed by atoms with Crippen molar-refractivity contribution in [2.45, 2.75) is 18.6 Å². The zero-order valence-corrected chi connectivity index (χ0v) is 18.9. The monoisotopic (exact) mass is 468 g/mol.